The van der Waals surface area contributed by atoms with Gasteiger partial charge in [0, 0.05) is 21.2 Å². The number of aromatic nitrogens is 2. The van der Waals surface area contributed by atoms with Gasteiger partial charge in [-0.05, 0) is 54.6 Å². The molecule has 0 radical (unpaired) electrons. The van der Waals surface area contributed by atoms with E-state index in [0.717, 1.165) is 8.30 Å². The molecule has 0 saturated heterocycles. The monoisotopic (exact) mass is 455 g/mol. The number of nitrogens with one attached hydrogen (secondary N) is 1. The molecule has 130 valence electrons. The first-order chi connectivity index (χ1) is 11.9. The average molecular weight is 455 g/mol. The average Bonchev–Trinajstić information content (AvgIpc) is 2.53. The van der Waals surface area contributed by atoms with Crippen molar-refractivity contribution in [3.8, 4) is 5.88 Å². The van der Waals surface area contributed by atoms with Gasteiger partial charge in [-0.2, -0.15) is 0 Å². The summed E-state index contributed by atoms with van der Waals surface area (Å²) < 4.78 is 15.7. The zero-order chi connectivity index (χ0) is 18.1. The van der Waals surface area contributed by atoms with Crippen molar-refractivity contribution >= 4 is 44.7 Å². The van der Waals surface area contributed by atoms with Gasteiger partial charge in [0.15, 0.2) is 0 Å². The zero-order valence-electron chi connectivity index (χ0n) is 13.5. The number of halogens is 2. The largest absolute Gasteiger partial charge is 0.492 e. The predicted molar refractivity (Wildman–Crippen MR) is 102 cm³/mol. The van der Waals surface area contributed by atoms with E-state index in [4.69, 9.17) is 4.84 Å². The molecule has 0 bridgehead atoms. The minimum absolute atomic E-state index is 0.233. The normalized spacial score (nSPS) is 11.1. The van der Waals surface area contributed by atoms with Crippen LogP contribution in [0.25, 0.3) is 10.8 Å². The van der Waals surface area contributed by atoms with E-state index in [1.165, 1.54) is 24.5 Å². The Labute approximate surface area is 156 Å². The minimum atomic E-state index is -0.516. The standard InChI is InChI=1S/C17H15FIN3O3/c1-9(2)25-22-15(23)5-10-7-20-8-14(16(10)17(22)24)21-13-4-3-11(19)6-12(13)18/h3-9,21,24H,1-2H3. The summed E-state index contributed by atoms with van der Waals surface area (Å²) >= 11 is 2.02. The molecule has 25 heavy (non-hydrogen) atoms. The fourth-order valence-electron chi connectivity index (χ4n) is 2.38. The van der Waals surface area contributed by atoms with Crippen molar-refractivity contribution in [3.63, 3.8) is 0 Å². The van der Waals surface area contributed by atoms with E-state index in [-0.39, 0.29) is 17.7 Å². The van der Waals surface area contributed by atoms with Crippen molar-refractivity contribution < 1.29 is 14.3 Å². The lowest BCUT2D eigenvalue weighted by Gasteiger charge is -2.16. The second-order valence-electron chi connectivity index (χ2n) is 5.66. The van der Waals surface area contributed by atoms with Crippen LogP contribution in [-0.2, 0) is 0 Å². The summed E-state index contributed by atoms with van der Waals surface area (Å²) in [5, 5.41) is 14.2. The summed E-state index contributed by atoms with van der Waals surface area (Å²) in [5.41, 5.74) is 0.0750. The summed E-state index contributed by atoms with van der Waals surface area (Å²) in [6.07, 6.45) is 2.59. The predicted octanol–water partition coefficient (Wildman–Crippen LogP) is 3.43. The van der Waals surface area contributed by atoms with Crippen LogP contribution in [0.5, 0.6) is 5.88 Å². The van der Waals surface area contributed by atoms with Gasteiger partial charge in [-0.1, -0.05) is 0 Å². The van der Waals surface area contributed by atoms with E-state index < -0.39 is 11.4 Å². The molecule has 1 aromatic carbocycles. The van der Waals surface area contributed by atoms with Gasteiger partial charge in [0.2, 0.25) is 5.88 Å². The lowest BCUT2D eigenvalue weighted by molar-refractivity contribution is 0.0396. The summed E-state index contributed by atoms with van der Waals surface area (Å²) in [6.45, 7) is 3.48. The molecule has 0 spiro atoms. The van der Waals surface area contributed by atoms with Crippen LogP contribution >= 0.6 is 22.6 Å². The molecule has 3 aromatic rings. The highest BCUT2D eigenvalue weighted by atomic mass is 127. The molecule has 0 aliphatic rings. The van der Waals surface area contributed by atoms with E-state index in [0.29, 0.717) is 16.5 Å². The summed E-state index contributed by atoms with van der Waals surface area (Å²) in [7, 11) is 0. The Morgan fingerprint density at radius 2 is 2.04 bits per heavy atom. The number of benzene rings is 1. The van der Waals surface area contributed by atoms with E-state index in [2.05, 4.69) is 10.3 Å². The maximum absolute atomic E-state index is 14.1. The third-order valence-corrected chi connectivity index (χ3v) is 4.06. The highest BCUT2D eigenvalue weighted by Gasteiger charge is 2.16. The van der Waals surface area contributed by atoms with Gasteiger partial charge < -0.3 is 15.3 Å². The number of pyridine rings is 2. The summed E-state index contributed by atoms with van der Waals surface area (Å²) in [5.74, 6) is -0.804. The van der Waals surface area contributed by atoms with Gasteiger partial charge >= 0.3 is 0 Å². The number of nitrogens with zero attached hydrogens (tertiary/aromatic N) is 2. The molecule has 0 fully saturated rings. The molecule has 8 heteroatoms. The first kappa shape index (κ1) is 17.5. The number of anilines is 2. The van der Waals surface area contributed by atoms with E-state index in [1.54, 1.807) is 26.0 Å². The van der Waals surface area contributed by atoms with Crippen molar-refractivity contribution in [1.29, 1.82) is 0 Å². The first-order valence-electron chi connectivity index (χ1n) is 7.49. The van der Waals surface area contributed by atoms with Crippen molar-refractivity contribution in [1.82, 2.24) is 9.71 Å². The van der Waals surface area contributed by atoms with Gasteiger partial charge in [0.05, 0.1) is 23.0 Å². The third-order valence-electron chi connectivity index (χ3n) is 3.39. The van der Waals surface area contributed by atoms with Crippen LogP contribution in [0, 0.1) is 9.39 Å². The lowest BCUT2D eigenvalue weighted by Crippen LogP contribution is -2.30. The Kier molecular flexibility index (Phi) is 4.80. The van der Waals surface area contributed by atoms with Crippen molar-refractivity contribution in [2.24, 2.45) is 0 Å². The molecular weight excluding hydrogens is 440 g/mol. The third kappa shape index (κ3) is 3.53. The first-order valence-corrected chi connectivity index (χ1v) is 8.56. The molecule has 0 aliphatic carbocycles. The highest BCUT2D eigenvalue weighted by Crippen LogP contribution is 2.32. The van der Waals surface area contributed by atoms with Crippen molar-refractivity contribution in [3.05, 3.63) is 56.4 Å². The van der Waals surface area contributed by atoms with Crippen LogP contribution in [0.2, 0.25) is 0 Å². The molecule has 0 unspecified atom stereocenters. The maximum atomic E-state index is 14.1. The fraction of sp³-hybridized carbons (Fsp3) is 0.176. The van der Waals surface area contributed by atoms with Crippen LogP contribution in [0.1, 0.15) is 13.8 Å². The molecule has 6 nitrogen and oxygen atoms in total. The quantitative estimate of drug-likeness (QED) is 0.590. The summed E-state index contributed by atoms with van der Waals surface area (Å²) in [6, 6.07) is 6.04. The lowest BCUT2D eigenvalue weighted by atomic mass is 10.2. The van der Waals surface area contributed by atoms with Crippen LogP contribution in [0.3, 0.4) is 0 Å². The van der Waals surface area contributed by atoms with E-state index in [9.17, 15) is 14.3 Å². The second-order valence-corrected chi connectivity index (χ2v) is 6.90. The maximum Gasteiger partial charge on any atom is 0.287 e. The number of rotatable bonds is 4. The topological polar surface area (TPSA) is 76.4 Å². The molecule has 0 amide bonds. The van der Waals surface area contributed by atoms with E-state index >= 15 is 0 Å². The highest BCUT2D eigenvalue weighted by molar-refractivity contribution is 14.1. The van der Waals surface area contributed by atoms with Gasteiger partial charge in [-0.15, -0.1) is 4.73 Å². The summed E-state index contributed by atoms with van der Waals surface area (Å²) in [4.78, 5) is 21.5. The molecule has 0 saturated carbocycles. The van der Waals surface area contributed by atoms with Gasteiger partial charge in [0.25, 0.3) is 5.56 Å². The molecule has 2 heterocycles. The molecule has 2 N–H and O–H groups in total. The van der Waals surface area contributed by atoms with Gasteiger partial charge in [-0.3, -0.25) is 9.78 Å². The number of fused-ring (bicyclic) bond motifs is 1. The zero-order valence-corrected chi connectivity index (χ0v) is 15.6. The molecular formula is C17H15FIN3O3. The Bertz CT molecular complexity index is 1000. The van der Waals surface area contributed by atoms with Crippen LogP contribution in [0.15, 0.2) is 41.5 Å². The Hall–Kier alpha value is -2.36. The van der Waals surface area contributed by atoms with Crippen LogP contribution in [-0.4, -0.2) is 20.9 Å². The van der Waals surface area contributed by atoms with Crippen LogP contribution < -0.4 is 15.7 Å². The smallest absolute Gasteiger partial charge is 0.287 e. The number of hydrogen-bond acceptors (Lipinski definition) is 5. The molecule has 2 aromatic heterocycles. The van der Waals surface area contributed by atoms with Gasteiger partial charge in [-0.25, -0.2) is 4.39 Å². The number of hydrogen-bond donors (Lipinski definition) is 2. The SMILES string of the molecule is CC(C)On1c(O)c2c(Nc3ccc(I)cc3F)cncc2cc1=O. The van der Waals surface area contributed by atoms with Crippen molar-refractivity contribution in [2.45, 2.75) is 20.0 Å². The van der Waals surface area contributed by atoms with Crippen molar-refractivity contribution in [2.75, 3.05) is 5.32 Å². The number of aromatic hydroxyl groups is 1. The minimum Gasteiger partial charge on any atom is -0.492 e. The van der Waals surface area contributed by atoms with E-state index in [1.807, 2.05) is 22.6 Å². The molecule has 0 aliphatic heterocycles. The fourth-order valence-corrected chi connectivity index (χ4v) is 2.83. The van der Waals surface area contributed by atoms with Crippen LogP contribution in [0.4, 0.5) is 15.8 Å². The Morgan fingerprint density at radius 3 is 2.72 bits per heavy atom. The molecule has 3 rings (SSSR count). The Balaban J connectivity index is 2.17. The Morgan fingerprint density at radius 1 is 1.28 bits per heavy atom. The van der Waals surface area contributed by atoms with Gasteiger partial charge in [0.1, 0.15) is 11.9 Å². The second kappa shape index (κ2) is 6.87. The molecule has 0 atom stereocenters.